The molecular weight excluding hydrogens is 462 g/mol. The molecule has 2 heterocycles. The molecule has 1 aromatic heterocycles. The fraction of sp³-hybridized carbons (Fsp3) is 0.448. The Morgan fingerprint density at radius 2 is 1.94 bits per heavy atom. The van der Waals surface area contributed by atoms with E-state index in [0.717, 1.165) is 74.3 Å². The van der Waals surface area contributed by atoms with E-state index in [1.807, 2.05) is 30.5 Å². The number of hydrogen-bond acceptors (Lipinski definition) is 4. The SMILES string of the molecule is COc1ccc2nccc(CCC[C@@H]3CCN(CCCCc4cccc(F)c4F)C[C@@H]3C(=O)O)c2c1. The minimum Gasteiger partial charge on any atom is -0.497 e. The van der Waals surface area contributed by atoms with E-state index in [-0.39, 0.29) is 11.8 Å². The Hall–Kier alpha value is -3.06. The molecule has 3 aromatic rings. The third-order valence-electron chi connectivity index (χ3n) is 7.42. The number of methoxy groups -OCH3 is 1. The Morgan fingerprint density at radius 3 is 2.75 bits per heavy atom. The number of carbonyl (C=O) groups is 1. The number of rotatable bonds is 11. The van der Waals surface area contributed by atoms with Gasteiger partial charge in [0, 0.05) is 18.1 Å². The van der Waals surface area contributed by atoms with Crippen LogP contribution in [0, 0.1) is 23.5 Å². The number of carboxylic acids is 1. The van der Waals surface area contributed by atoms with Crippen LogP contribution in [0.2, 0.25) is 0 Å². The summed E-state index contributed by atoms with van der Waals surface area (Å²) < 4.78 is 32.6. The first kappa shape index (κ1) is 26.0. The number of pyridine rings is 1. The van der Waals surface area contributed by atoms with Crippen molar-refractivity contribution in [1.29, 1.82) is 0 Å². The van der Waals surface area contributed by atoms with Crippen LogP contribution in [0.3, 0.4) is 0 Å². The van der Waals surface area contributed by atoms with Gasteiger partial charge in [0.1, 0.15) is 5.75 Å². The van der Waals surface area contributed by atoms with E-state index in [0.29, 0.717) is 18.5 Å². The van der Waals surface area contributed by atoms with Gasteiger partial charge in [-0.3, -0.25) is 9.78 Å². The molecule has 1 fully saturated rings. The monoisotopic (exact) mass is 496 g/mol. The minimum atomic E-state index is -0.810. The molecule has 0 unspecified atom stereocenters. The molecule has 192 valence electrons. The predicted molar refractivity (Wildman–Crippen MR) is 136 cm³/mol. The molecule has 1 N–H and O–H groups in total. The van der Waals surface area contributed by atoms with Crippen molar-refractivity contribution >= 4 is 16.9 Å². The molecule has 2 atom stereocenters. The van der Waals surface area contributed by atoms with Crippen molar-refractivity contribution in [3.05, 3.63) is 71.4 Å². The topological polar surface area (TPSA) is 62.7 Å². The zero-order valence-electron chi connectivity index (χ0n) is 20.8. The average molecular weight is 497 g/mol. The van der Waals surface area contributed by atoms with Crippen LogP contribution < -0.4 is 4.74 Å². The maximum absolute atomic E-state index is 13.8. The van der Waals surface area contributed by atoms with Crippen LogP contribution in [0.1, 0.15) is 43.2 Å². The van der Waals surface area contributed by atoms with Gasteiger partial charge in [0.05, 0.1) is 18.5 Å². The van der Waals surface area contributed by atoms with Crippen LogP contribution in [-0.4, -0.2) is 47.7 Å². The molecule has 0 saturated carbocycles. The normalized spacial score (nSPS) is 18.4. The second-order valence-corrected chi connectivity index (χ2v) is 9.71. The lowest BCUT2D eigenvalue weighted by Gasteiger charge is -2.36. The number of aryl methyl sites for hydroxylation is 2. The van der Waals surface area contributed by atoms with Crippen LogP contribution in [0.25, 0.3) is 10.9 Å². The number of benzene rings is 2. The summed E-state index contributed by atoms with van der Waals surface area (Å²) in [6.45, 7) is 2.19. The standard InChI is InChI=1S/C29H34F2N2O3/c1-36-23-11-12-27-24(18-23)20(13-15-32-27)7-4-8-21-14-17-33(19-25(21)29(34)35)16-3-2-6-22-9-5-10-26(30)28(22)31/h5,9-13,15,18,21,25H,2-4,6-8,14,16-17,19H2,1H3,(H,34,35)/t21-,25+/m1/s1. The van der Waals surface area contributed by atoms with Gasteiger partial charge in [-0.1, -0.05) is 12.1 Å². The van der Waals surface area contributed by atoms with Gasteiger partial charge >= 0.3 is 5.97 Å². The molecule has 0 amide bonds. The Morgan fingerprint density at radius 1 is 1.11 bits per heavy atom. The highest BCUT2D eigenvalue weighted by atomic mass is 19.2. The Labute approximate surface area is 211 Å². The van der Waals surface area contributed by atoms with E-state index in [1.54, 1.807) is 13.2 Å². The first-order valence-corrected chi connectivity index (χ1v) is 12.8. The summed E-state index contributed by atoms with van der Waals surface area (Å²) in [6.07, 6.45) is 7.40. The Bertz CT molecular complexity index is 1190. The molecular formula is C29H34F2N2O3. The van der Waals surface area contributed by atoms with E-state index in [2.05, 4.69) is 9.88 Å². The Balaban J connectivity index is 1.26. The molecule has 7 heteroatoms. The van der Waals surface area contributed by atoms with Gasteiger partial charge in [0.25, 0.3) is 0 Å². The largest absolute Gasteiger partial charge is 0.497 e. The first-order chi connectivity index (χ1) is 17.5. The van der Waals surface area contributed by atoms with Gasteiger partial charge in [-0.15, -0.1) is 0 Å². The van der Waals surface area contributed by atoms with Crippen LogP contribution in [0.5, 0.6) is 5.75 Å². The number of piperidine rings is 1. The van der Waals surface area contributed by atoms with Crippen molar-refractivity contribution in [2.75, 3.05) is 26.7 Å². The summed E-state index contributed by atoms with van der Waals surface area (Å²) in [6, 6.07) is 12.2. The maximum Gasteiger partial charge on any atom is 0.308 e. The number of aliphatic carboxylic acids is 1. The number of unbranched alkanes of at least 4 members (excludes halogenated alkanes) is 1. The number of fused-ring (bicyclic) bond motifs is 1. The number of likely N-dealkylation sites (tertiary alicyclic amines) is 1. The van der Waals surface area contributed by atoms with E-state index in [1.165, 1.54) is 11.6 Å². The second-order valence-electron chi connectivity index (χ2n) is 9.71. The third-order valence-corrected chi connectivity index (χ3v) is 7.42. The number of hydrogen-bond donors (Lipinski definition) is 1. The number of aromatic nitrogens is 1. The molecule has 1 aliphatic rings. The van der Waals surface area contributed by atoms with E-state index in [4.69, 9.17) is 4.74 Å². The average Bonchev–Trinajstić information content (AvgIpc) is 2.89. The van der Waals surface area contributed by atoms with Crippen LogP contribution in [0.15, 0.2) is 48.7 Å². The maximum atomic E-state index is 13.8. The molecule has 5 nitrogen and oxygen atoms in total. The molecule has 36 heavy (non-hydrogen) atoms. The lowest BCUT2D eigenvalue weighted by Crippen LogP contribution is -2.44. The minimum absolute atomic E-state index is 0.155. The van der Waals surface area contributed by atoms with Crippen LogP contribution in [0.4, 0.5) is 8.78 Å². The summed E-state index contributed by atoms with van der Waals surface area (Å²) in [5, 5.41) is 11.0. The number of carboxylic acid groups (broad SMARTS) is 1. The van der Waals surface area contributed by atoms with Crippen molar-refractivity contribution in [3.63, 3.8) is 0 Å². The highest BCUT2D eigenvalue weighted by molar-refractivity contribution is 5.83. The van der Waals surface area contributed by atoms with E-state index in [9.17, 15) is 18.7 Å². The predicted octanol–water partition coefficient (Wildman–Crippen LogP) is 5.89. The van der Waals surface area contributed by atoms with Crippen molar-refractivity contribution in [2.45, 2.75) is 44.9 Å². The summed E-state index contributed by atoms with van der Waals surface area (Å²) in [5.74, 6) is -1.72. The lowest BCUT2D eigenvalue weighted by molar-refractivity contribution is -0.146. The van der Waals surface area contributed by atoms with Crippen molar-refractivity contribution in [2.24, 2.45) is 11.8 Å². The molecule has 0 aliphatic carbocycles. The fourth-order valence-corrected chi connectivity index (χ4v) is 5.37. The second kappa shape index (κ2) is 12.3. The summed E-state index contributed by atoms with van der Waals surface area (Å²) in [4.78, 5) is 18.7. The van der Waals surface area contributed by atoms with Gasteiger partial charge in [0.2, 0.25) is 0 Å². The molecule has 0 spiro atoms. The summed E-state index contributed by atoms with van der Waals surface area (Å²) in [5.41, 5.74) is 2.54. The number of ether oxygens (including phenoxy) is 1. The van der Waals surface area contributed by atoms with Gasteiger partial charge < -0.3 is 14.7 Å². The zero-order chi connectivity index (χ0) is 25.5. The Kier molecular flexibility index (Phi) is 8.86. The van der Waals surface area contributed by atoms with E-state index < -0.39 is 17.6 Å². The van der Waals surface area contributed by atoms with Crippen molar-refractivity contribution in [1.82, 2.24) is 9.88 Å². The van der Waals surface area contributed by atoms with Gasteiger partial charge in [-0.25, -0.2) is 8.78 Å². The molecule has 0 bridgehead atoms. The van der Waals surface area contributed by atoms with Crippen molar-refractivity contribution < 1.29 is 23.4 Å². The number of nitrogens with zero attached hydrogens (tertiary/aromatic N) is 2. The third kappa shape index (κ3) is 6.38. The van der Waals surface area contributed by atoms with Crippen molar-refractivity contribution in [3.8, 4) is 5.75 Å². The molecule has 1 saturated heterocycles. The highest BCUT2D eigenvalue weighted by Gasteiger charge is 2.33. The van der Waals surface area contributed by atoms with Gasteiger partial charge in [-0.05, 0) is 105 Å². The molecule has 1 aliphatic heterocycles. The van der Waals surface area contributed by atoms with Crippen LogP contribution >= 0.6 is 0 Å². The number of halogens is 2. The van der Waals surface area contributed by atoms with Crippen LogP contribution in [-0.2, 0) is 17.6 Å². The molecule has 0 radical (unpaired) electrons. The van der Waals surface area contributed by atoms with Gasteiger partial charge in [0.15, 0.2) is 11.6 Å². The van der Waals surface area contributed by atoms with E-state index >= 15 is 0 Å². The summed E-state index contributed by atoms with van der Waals surface area (Å²) >= 11 is 0. The molecule has 2 aromatic carbocycles. The smallest absolute Gasteiger partial charge is 0.308 e. The van der Waals surface area contributed by atoms with Gasteiger partial charge in [-0.2, -0.15) is 0 Å². The highest BCUT2D eigenvalue weighted by Crippen LogP contribution is 2.30. The quantitative estimate of drug-likeness (QED) is 0.336. The lowest BCUT2D eigenvalue weighted by atomic mass is 9.81. The summed E-state index contributed by atoms with van der Waals surface area (Å²) in [7, 11) is 1.65. The first-order valence-electron chi connectivity index (χ1n) is 12.8. The fourth-order valence-electron chi connectivity index (χ4n) is 5.37. The zero-order valence-corrected chi connectivity index (χ0v) is 20.8. The molecule has 4 rings (SSSR count).